The number of hydrogen-bond acceptors (Lipinski definition) is 3. The molecule has 0 unspecified atom stereocenters. The summed E-state index contributed by atoms with van der Waals surface area (Å²) >= 11 is 0. The standard InChI is InChI=1S/C18H21N3O3/c1-21(2)17(22)14-7-6-8-15(13-14)20-18(23)19-11-12-24-16-9-4-3-5-10-16/h3-10,13H,11-12H2,1-2H3,(H2,19,20,23). The first-order valence-electron chi connectivity index (χ1n) is 7.60. The lowest BCUT2D eigenvalue weighted by atomic mass is 10.2. The van der Waals surface area contributed by atoms with Crippen LogP contribution in [0, 0.1) is 0 Å². The molecule has 0 aliphatic heterocycles. The summed E-state index contributed by atoms with van der Waals surface area (Å²) in [6, 6.07) is 15.9. The fraction of sp³-hybridized carbons (Fsp3) is 0.222. The minimum absolute atomic E-state index is 0.115. The number of carbonyl (C=O) groups is 2. The van der Waals surface area contributed by atoms with Gasteiger partial charge in [0.05, 0.1) is 6.54 Å². The highest BCUT2D eigenvalue weighted by Gasteiger charge is 2.09. The highest BCUT2D eigenvalue weighted by Crippen LogP contribution is 2.12. The van der Waals surface area contributed by atoms with E-state index in [-0.39, 0.29) is 11.9 Å². The van der Waals surface area contributed by atoms with E-state index in [1.165, 1.54) is 4.90 Å². The lowest BCUT2D eigenvalue weighted by molar-refractivity contribution is 0.0827. The molecule has 3 amide bonds. The zero-order chi connectivity index (χ0) is 17.4. The highest BCUT2D eigenvalue weighted by atomic mass is 16.5. The van der Waals surface area contributed by atoms with Gasteiger partial charge >= 0.3 is 6.03 Å². The molecule has 0 heterocycles. The van der Waals surface area contributed by atoms with E-state index in [1.807, 2.05) is 30.3 Å². The molecule has 126 valence electrons. The van der Waals surface area contributed by atoms with E-state index in [0.717, 1.165) is 5.75 Å². The molecule has 0 saturated carbocycles. The predicted octanol–water partition coefficient (Wildman–Crippen LogP) is 2.59. The van der Waals surface area contributed by atoms with Gasteiger partial charge in [0, 0.05) is 25.3 Å². The minimum atomic E-state index is -0.346. The fourth-order valence-electron chi connectivity index (χ4n) is 2.01. The van der Waals surface area contributed by atoms with E-state index in [9.17, 15) is 9.59 Å². The predicted molar refractivity (Wildman–Crippen MR) is 93.4 cm³/mol. The van der Waals surface area contributed by atoms with Gasteiger partial charge in [-0.05, 0) is 30.3 Å². The Morgan fingerprint density at radius 2 is 1.79 bits per heavy atom. The van der Waals surface area contributed by atoms with Crippen molar-refractivity contribution >= 4 is 17.6 Å². The second-order valence-electron chi connectivity index (χ2n) is 5.32. The smallest absolute Gasteiger partial charge is 0.319 e. The number of hydrogen-bond donors (Lipinski definition) is 2. The number of ether oxygens (including phenoxy) is 1. The van der Waals surface area contributed by atoms with Crippen LogP contribution in [0.2, 0.25) is 0 Å². The molecule has 0 aromatic heterocycles. The van der Waals surface area contributed by atoms with Crippen molar-refractivity contribution in [1.82, 2.24) is 10.2 Å². The minimum Gasteiger partial charge on any atom is -0.492 e. The largest absolute Gasteiger partial charge is 0.492 e. The molecule has 6 heteroatoms. The Kier molecular flexibility index (Phi) is 6.19. The van der Waals surface area contributed by atoms with Crippen LogP contribution in [0.5, 0.6) is 5.75 Å². The Balaban J connectivity index is 1.78. The first-order valence-corrected chi connectivity index (χ1v) is 7.60. The van der Waals surface area contributed by atoms with Gasteiger partial charge in [-0.25, -0.2) is 4.79 Å². The number of nitrogens with one attached hydrogen (secondary N) is 2. The maximum absolute atomic E-state index is 11.9. The van der Waals surface area contributed by atoms with Crippen molar-refractivity contribution in [1.29, 1.82) is 0 Å². The molecule has 0 radical (unpaired) electrons. The molecule has 2 rings (SSSR count). The topological polar surface area (TPSA) is 70.7 Å². The number of nitrogens with zero attached hydrogens (tertiary/aromatic N) is 1. The van der Waals surface area contributed by atoms with Gasteiger partial charge in [-0.3, -0.25) is 4.79 Å². The van der Waals surface area contributed by atoms with E-state index in [2.05, 4.69) is 10.6 Å². The maximum atomic E-state index is 11.9. The molecular formula is C18H21N3O3. The molecule has 2 aromatic rings. The summed E-state index contributed by atoms with van der Waals surface area (Å²) in [5, 5.41) is 5.40. The van der Waals surface area contributed by atoms with Gasteiger partial charge < -0.3 is 20.3 Å². The van der Waals surface area contributed by atoms with Crippen molar-refractivity contribution < 1.29 is 14.3 Å². The van der Waals surface area contributed by atoms with Crippen molar-refractivity contribution in [2.75, 3.05) is 32.6 Å². The molecule has 2 N–H and O–H groups in total. The molecule has 0 aliphatic rings. The number of para-hydroxylation sites is 1. The summed E-state index contributed by atoms with van der Waals surface area (Å²) in [7, 11) is 3.36. The molecule has 0 bridgehead atoms. The van der Waals surface area contributed by atoms with Crippen LogP contribution < -0.4 is 15.4 Å². The molecule has 0 atom stereocenters. The van der Waals surface area contributed by atoms with Crippen LogP contribution in [0.3, 0.4) is 0 Å². The quantitative estimate of drug-likeness (QED) is 0.801. The molecule has 0 saturated heterocycles. The number of rotatable bonds is 6. The van der Waals surface area contributed by atoms with Crippen molar-refractivity contribution in [2.24, 2.45) is 0 Å². The Bertz CT molecular complexity index is 687. The van der Waals surface area contributed by atoms with E-state index in [4.69, 9.17) is 4.74 Å². The molecular weight excluding hydrogens is 306 g/mol. The highest BCUT2D eigenvalue weighted by molar-refractivity contribution is 5.96. The van der Waals surface area contributed by atoms with Crippen molar-refractivity contribution in [3.05, 3.63) is 60.2 Å². The summed E-state index contributed by atoms with van der Waals surface area (Å²) in [5.74, 6) is 0.643. The lowest BCUT2D eigenvalue weighted by Crippen LogP contribution is -2.32. The number of benzene rings is 2. The summed E-state index contributed by atoms with van der Waals surface area (Å²) in [6.45, 7) is 0.744. The van der Waals surface area contributed by atoms with Crippen molar-refractivity contribution in [3.63, 3.8) is 0 Å². The monoisotopic (exact) mass is 327 g/mol. The van der Waals surface area contributed by atoms with Crippen LogP contribution in [-0.4, -0.2) is 44.1 Å². The third kappa shape index (κ3) is 5.31. The lowest BCUT2D eigenvalue weighted by Gasteiger charge is -2.12. The van der Waals surface area contributed by atoms with Crippen LogP contribution in [0.1, 0.15) is 10.4 Å². The summed E-state index contributed by atoms with van der Waals surface area (Å²) < 4.78 is 5.49. The summed E-state index contributed by atoms with van der Waals surface area (Å²) in [5.41, 5.74) is 1.08. The van der Waals surface area contributed by atoms with Crippen molar-refractivity contribution in [2.45, 2.75) is 0 Å². The van der Waals surface area contributed by atoms with Gasteiger partial charge in [0.25, 0.3) is 5.91 Å². The Hall–Kier alpha value is -3.02. The van der Waals surface area contributed by atoms with E-state index in [0.29, 0.717) is 24.4 Å². The molecule has 24 heavy (non-hydrogen) atoms. The van der Waals surface area contributed by atoms with Crippen LogP contribution >= 0.6 is 0 Å². The fourth-order valence-corrected chi connectivity index (χ4v) is 2.01. The van der Waals surface area contributed by atoms with E-state index >= 15 is 0 Å². The number of amides is 3. The molecule has 0 fully saturated rings. The zero-order valence-corrected chi connectivity index (χ0v) is 13.8. The van der Waals surface area contributed by atoms with E-state index in [1.54, 1.807) is 38.4 Å². The average molecular weight is 327 g/mol. The first-order chi connectivity index (χ1) is 11.6. The number of anilines is 1. The molecule has 2 aromatic carbocycles. The average Bonchev–Trinajstić information content (AvgIpc) is 2.59. The van der Waals surface area contributed by atoms with Gasteiger partial charge in [0.2, 0.25) is 0 Å². The first kappa shape index (κ1) is 17.3. The van der Waals surface area contributed by atoms with Crippen molar-refractivity contribution in [3.8, 4) is 5.75 Å². The number of carbonyl (C=O) groups excluding carboxylic acids is 2. The maximum Gasteiger partial charge on any atom is 0.319 e. The Morgan fingerprint density at radius 1 is 1.04 bits per heavy atom. The second-order valence-corrected chi connectivity index (χ2v) is 5.32. The van der Waals surface area contributed by atoms with Crippen LogP contribution in [0.25, 0.3) is 0 Å². The van der Waals surface area contributed by atoms with Gasteiger partial charge in [-0.2, -0.15) is 0 Å². The zero-order valence-electron chi connectivity index (χ0n) is 13.8. The number of urea groups is 1. The van der Waals surface area contributed by atoms with Crippen LogP contribution in [0.15, 0.2) is 54.6 Å². The molecule has 0 spiro atoms. The van der Waals surface area contributed by atoms with Crippen LogP contribution in [0.4, 0.5) is 10.5 Å². The van der Waals surface area contributed by atoms with E-state index < -0.39 is 0 Å². The SMILES string of the molecule is CN(C)C(=O)c1cccc(NC(=O)NCCOc2ccccc2)c1. The normalized spacial score (nSPS) is 9.92. The van der Waals surface area contributed by atoms with Gasteiger partial charge in [0.15, 0.2) is 0 Å². The third-order valence-corrected chi connectivity index (χ3v) is 3.17. The third-order valence-electron chi connectivity index (χ3n) is 3.17. The Morgan fingerprint density at radius 3 is 2.50 bits per heavy atom. The molecule has 0 aliphatic carbocycles. The summed E-state index contributed by atoms with van der Waals surface area (Å²) in [4.78, 5) is 25.3. The van der Waals surface area contributed by atoms with Crippen LogP contribution in [-0.2, 0) is 0 Å². The van der Waals surface area contributed by atoms with Gasteiger partial charge in [0.1, 0.15) is 12.4 Å². The molecule has 6 nitrogen and oxygen atoms in total. The van der Waals surface area contributed by atoms with Gasteiger partial charge in [-0.1, -0.05) is 24.3 Å². The second kappa shape index (κ2) is 8.57. The Labute approximate surface area is 141 Å². The van der Waals surface area contributed by atoms with Gasteiger partial charge in [-0.15, -0.1) is 0 Å². The summed E-state index contributed by atoms with van der Waals surface area (Å²) in [6.07, 6.45) is 0.